The monoisotopic (exact) mass is 125 g/mol. The van der Waals surface area contributed by atoms with E-state index in [0.29, 0.717) is 0 Å². The minimum Gasteiger partial charge on any atom is -0.0654 e. The molecule has 9 heavy (non-hydrogen) atoms. The van der Waals surface area contributed by atoms with E-state index in [2.05, 4.69) is 13.3 Å². The molecule has 1 rings (SSSR count). The van der Waals surface area contributed by atoms with Crippen LogP contribution in [0.4, 0.5) is 0 Å². The van der Waals surface area contributed by atoms with E-state index in [1.54, 1.807) is 0 Å². The smallest absolute Gasteiger partial charge is 0.0355 e. The molecule has 1 saturated carbocycles. The minimum atomic E-state index is 0.976. The molecule has 1 radical (unpaired) electrons. The molecule has 0 aromatic heterocycles. The van der Waals surface area contributed by atoms with Crippen LogP contribution in [0.5, 0.6) is 0 Å². The molecule has 0 nitrogen and oxygen atoms in total. The van der Waals surface area contributed by atoms with Crippen LogP contribution in [-0.4, -0.2) is 0 Å². The van der Waals surface area contributed by atoms with E-state index < -0.39 is 0 Å². The molecule has 0 aliphatic heterocycles. The van der Waals surface area contributed by atoms with Crippen molar-refractivity contribution in [3.05, 3.63) is 6.42 Å². The first-order valence-corrected chi connectivity index (χ1v) is 4.27. The highest BCUT2D eigenvalue weighted by Gasteiger charge is 2.11. The van der Waals surface area contributed by atoms with Gasteiger partial charge in [0.15, 0.2) is 0 Å². The zero-order valence-corrected chi connectivity index (χ0v) is 6.40. The zero-order valence-electron chi connectivity index (χ0n) is 6.40. The van der Waals surface area contributed by atoms with E-state index in [1.807, 2.05) is 0 Å². The molecule has 0 aromatic rings. The van der Waals surface area contributed by atoms with Crippen molar-refractivity contribution in [3.63, 3.8) is 0 Å². The van der Waals surface area contributed by atoms with Gasteiger partial charge in [-0.2, -0.15) is 0 Å². The average molecular weight is 125 g/mol. The van der Waals surface area contributed by atoms with Crippen LogP contribution in [-0.2, 0) is 0 Å². The molecule has 0 bridgehead atoms. The van der Waals surface area contributed by atoms with Crippen LogP contribution in [0.2, 0.25) is 0 Å². The summed E-state index contributed by atoms with van der Waals surface area (Å²) in [5.74, 6) is 0.976. The molecule has 0 heterocycles. The first kappa shape index (κ1) is 7.11. The van der Waals surface area contributed by atoms with Crippen molar-refractivity contribution < 1.29 is 0 Å². The van der Waals surface area contributed by atoms with E-state index in [9.17, 15) is 0 Å². The molecule has 0 aromatic carbocycles. The fourth-order valence-corrected chi connectivity index (χ4v) is 1.66. The summed E-state index contributed by atoms with van der Waals surface area (Å²) in [5.41, 5.74) is 0. The van der Waals surface area contributed by atoms with Crippen molar-refractivity contribution in [2.24, 2.45) is 5.92 Å². The lowest BCUT2D eigenvalue weighted by molar-refractivity contribution is 0.418. The summed E-state index contributed by atoms with van der Waals surface area (Å²) in [5, 5.41) is 0. The SMILES string of the molecule is CCC[C@H]1[CH]CCCC1. The maximum atomic E-state index is 2.52. The van der Waals surface area contributed by atoms with Crippen LogP contribution in [0, 0.1) is 12.3 Å². The second-order valence-corrected chi connectivity index (χ2v) is 3.07. The average Bonchev–Trinajstić information content (AvgIpc) is 1.91. The normalized spacial score (nSPS) is 22.3. The highest BCUT2D eigenvalue weighted by molar-refractivity contribution is 4.80. The van der Waals surface area contributed by atoms with E-state index in [4.69, 9.17) is 0 Å². The van der Waals surface area contributed by atoms with E-state index in [1.165, 1.54) is 38.5 Å². The molecule has 1 fully saturated rings. The first-order valence-electron chi connectivity index (χ1n) is 4.27. The summed E-state index contributed by atoms with van der Waals surface area (Å²) in [7, 11) is 0. The lowest BCUT2D eigenvalue weighted by atomic mass is 9.86. The zero-order chi connectivity index (χ0) is 6.53. The molecule has 1 aliphatic rings. The van der Waals surface area contributed by atoms with Gasteiger partial charge in [-0.05, 0) is 18.8 Å². The van der Waals surface area contributed by atoms with Crippen LogP contribution in [0.15, 0.2) is 0 Å². The molecule has 0 amide bonds. The third-order valence-electron chi connectivity index (χ3n) is 2.19. The highest BCUT2D eigenvalue weighted by atomic mass is 14.2. The Hall–Kier alpha value is 0. The van der Waals surface area contributed by atoms with Gasteiger partial charge in [-0.15, -0.1) is 0 Å². The third kappa shape index (κ3) is 2.38. The van der Waals surface area contributed by atoms with Gasteiger partial charge >= 0.3 is 0 Å². The molecule has 1 atom stereocenters. The molecule has 53 valence electrons. The fraction of sp³-hybridized carbons (Fsp3) is 0.889. The maximum absolute atomic E-state index is 2.52. The Labute approximate surface area is 58.7 Å². The molecule has 0 unspecified atom stereocenters. The highest BCUT2D eigenvalue weighted by Crippen LogP contribution is 2.25. The Kier molecular flexibility index (Phi) is 3.10. The number of hydrogen-bond acceptors (Lipinski definition) is 0. The summed E-state index contributed by atoms with van der Waals surface area (Å²) in [6.07, 6.45) is 11.1. The van der Waals surface area contributed by atoms with Gasteiger partial charge in [-0.3, -0.25) is 0 Å². The summed E-state index contributed by atoms with van der Waals surface area (Å²) in [6.45, 7) is 2.28. The van der Waals surface area contributed by atoms with Gasteiger partial charge in [0, 0.05) is 0 Å². The second-order valence-electron chi connectivity index (χ2n) is 3.07. The number of hydrogen-bond donors (Lipinski definition) is 0. The summed E-state index contributed by atoms with van der Waals surface area (Å²) in [4.78, 5) is 0. The Balaban J connectivity index is 2.08. The van der Waals surface area contributed by atoms with Crippen LogP contribution >= 0.6 is 0 Å². The molecule has 0 spiro atoms. The first-order chi connectivity index (χ1) is 4.43. The molecule has 0 saturated heterocycles. The summed E-state index contributed by atoms with van der Waals surface area (Å²) in [6, 6.07) is 0. The van der Waals surface area contributed by atoms with Crippen LogP contribution in [0.3, 0.4) is 0 Å². The van der Waals surface area contributed by atoms with Gasteiger partial charge in [-0.1, -0.05) is 39.0 Å². The third-order valence-corrected chi connectivity index (χ3v) is 2.19. The number of rotatable bonds is 2. The molecule has 0 heteroatoms. The van der Waals surface area contributed by atoms with Crippen LogP contribution < -0.4 is 0 Å². The lowest BCUT2D eigenvalue weighted by Crippen LogP contribution is -2.05. The minimum absolute atomic E-state index is 0.976. The second kappa shape index (κ2) is 3.92. The van der Waals surface area contributed by atoms with E-state index in [-0.39, 0.29) is 0 Å². The predicted molar refractivity (Wildman–Crippen MR) is 41.2 cm³/mol. The van der Waals surface area contributed by atoms with Gasteiger partial charge in [0.2, 0.25) is 0 Å². The van der Waals surface area contributed by atoms with Gasteiger partial charge in [0.25, 0.3) is 0 Å². The molecular formula is C9H17. The largest absolute Gasteiger partial charge is 0.0654 e. The van der Waals surface area contributed by atoms with Crippen molar-refractivity contribution in [1.29, 1.82) is 0 Å². The maximum Gasteiger partial charge on any atom is -0.0355 e. The molecule has 0 N–H and O–H groups in total. The quantitative estimate of drug-likeness (QED) is 0.531. The Morgan fingerprint density at radius 1 is 1.44 bits per heavy atom. The Morgan fingerprint density at radius 2 is 2.33 bits per heavy atom. The van der Waals surface area contributed by atoms with Gasteiger partial charge in [0.1, 0.15) is 0 Å². The Morgan fingerprint density at radius 3 is 2.89 bits per heavy atom. The Bertz CT molecular complexity index is 57.7. The predicted octanol–water partition coefficient (Wildman–Crippen LogP) is 3.18. The standard InChI is InChI=1S/C9H17/c1-2-6-9-7-4-3-5-8-9/h7,9H,2-6,8H2,1H3/t9-/m0/s1. The van der Waals surface area contributed by atoms with Gasteiger partial charge in [-0.25, -0.2) is 0 Å². The summed E-state index contributed by atoms with van der Waals surface area (Å²) < 4.78 is 0. The van der Waals surface area contributed by atoms with E-state index in [0.717, 1.165) is 5.92 Å². The molecular weight excluding hydrogens is 108 g/mol. The van der Waals surface area contributed by atoms with E-state index >= 15 is 0 Å². The van der Waals surface area contributed by atoms with Gasteiger partial charge < -0.3 is 0 Å². The summed E-state index contributed by atoms with van der Waals surface area (Å²) >= 11 is 0. The van der Waals surface area contributed by atoms with Crippen molar-refractivity contribution in [3.8, 4) is 0 Å². The van der Waals surface area contributed by atoms with Gasteiger partial charge in [0.05, 0.1) is 0 Å². The molecule has 1 aliphatic carbocycles. The van der Waals surface area contributed by atoms with Crippen molar-refractivity contribution in [1.82, 2.24) is 0 Å². The van der Waals surface area contributed by atoms with Crippen molar-refractivity contribution in [2.45, 2.75) is 45.4 Å². The fourth-order valence-electron chi connectivity index (χ4n) is 1.66. The lowest BCUT2D eigenvalue weighted by Gasteiger charge is -2.19. The topological polar surface area (TPSA) is 0 Å². The van der Waals surface area contributed by atoms with Crippen molar-refractivity contribution in [2.75, 3.05) is 0 Å². The van der Waals surface area contributed by atoms with Crippen LogP contribution in [0.1, 0.15) is 45.4 Å². The van der Waals surface area contributed by atoms with Crippen molar-refractivity contribution >= 4 is 0 Å². The van der Waals surface area contributed by atoms with Crippen LogP contribution in [0.25, 0.3) is 0 Å².